The molecule has 0 atom stereocenters. The van der Waals surface area contributed by atoms with Gasteiger partial charge in [0.2, 0.25) is 0 Å². The van der Waals surface area contributed by atoms with E-state index in [1.807, 2.05) is 24.3 Å². The van der Waals surface area contributed by atoms with E-state index in [0.29, 0.717) is 27.7 Å². The smallest absolute Gasteiger partial charge is 0.257 e. The molecule has 2 aromatic rings. The van der Waals surface area contributed by atoms with Crippen molar-refractivity contribution in [2.24, 2.45) is 0 Å². The highest BCUT2D eigenvalue weighted by molar-refractivity contribution is 6.37. The van der Waals surface area contributed by atoms with Crippen LogP contribution in [0.5, 0.6) is 0 Å². The van der Waals surface area contributed by atoms with Gasteiger partial charge in [0.15, 0.2) is 0 Å². The molecule has 0 saturated carbocycles. The number of halogens is 2. The van der Waals surface area contributed by atoms with Crippen LogP contribution < -0.4 is 5.32 Å². The second kappa shape index (κ2) is 7.46. The number of amides is 1. The van der Waals surface area contributed by atoms with Gasteiger partial charge in [-0.25, -0.2) is 0 Å². The molecule has 5 heteroatoms. The van der Waals surface area contributed by atoms with Gasteiger partial charge in [0, 0.05) is 17.3 Å². The van der Waals surface area contributed by atoms with Crippen LogP contribution in [-0.4, -0.2) is 17.6 Å². The summed E-state index contributed by atoms with van der Waals surface area (Å²) in [6.07, 6.45) is 1.46. The van der Waals surface area contributed by atoms with Crippen molar-refractivity contribution in [3.8, 4) is 0 Å². The van der Waals surface area contributed by atoms with Gasteiger partial charge in [-0.2, -0.15) is 0 Å². The second-order valence-corrected chi connectivity index (χ2v) is 5.45. The fourth-order valence-corrected chi connectivity index (χ4v) is 2.45. The normalized spacial score (nSPS) is 10.4. The molecule has 1 amide bonds. The van der Waals surface area contributed by atoms with E-state index in [4.69, 9.17) is 28.3 Å². The van der Waals surface area contributed by atoms with Crippen molar-refractivity contribution in [2.75, 3.05) is 11.9 Å². The number of aliphatic hydroxyl groups excluding tert-OH is 1. The van der Waals surface area contributed by atoms with E-state index < -0.39 is 0 Å². The number of aryl methyl sites for hydroxylation is 1. The number of rotatable bonds is 5. The summed E-state index contributed by atoms with van der Waals surface area (Å²) in [5, 5.41) is 12.5. The van der Waals surface area contributed by atoms with Crippen molar-refractivity contribution >= 4 is 34.8 Å². The van der Waals surface area contributed by atoms with Crippen LogP contribution in [0.2, 0.25) is 10.0 Å². The SMILES string of the molecule is O=C(Nc1cccc(CCCO)c1)c1ccc(Cl)cc1Cl. The number of anilines is 1. The maximum atomic E-state index is 12.2. The number of benzene rings is 2. The molecule has 0 fully saturated rings. The van der Waals surface area contributed by atoms with Gasteiger partial charge in [-0.3, -0.25) is 4.79 Å². The first-order valence-corrected chi connectivity index (χ1v) is 7.32. The molecule has 110 valence electrons. The highest BCUT2D eigenvalue weighted by Crippen LogP contribution is 2.22. The third-order valence-corrected chi connectivity index (χ3v) is 3.53. The Balaban J connectivity index is 2.12. The van der Waals surface area contributed by atoms with Crippen LogP contribution >= 0.6 is 23.2 Å². The minimum atomic E-state index is -0.282. The Morgan fingerprint density at radius 3 is 2.67 bits per heavy atom. The molecule has 0 heterocycles. The maximum absolute atomic E-state index is 12.2. The second-order valence-electron chi connectivity index (χ2n) is 4.61. The number of hydrogen-bond donors (Lipinski definition) is 2. The molecule has 2 rings (SSSR count). The average molecular weight is 324 g/mol. The highest BCUT2D eigenvalue weighted by atomic mass is 35.5. The summed E-state index contributed by atoms with van der Waals surface area (Å²) in [6.45, 7) is 0.150. The van der Waals surface area contributed by atoms with Crippen molar-refractivity contribution in [1.82, 2.24) is 0 Å². The average Bonchev–Trinajstić information content (AvgIpc) is 2.45. The summed E-state index contributed by atoms with van der Waals surface area (Å²) >= 11 is 11.8. The Morgan fingerprint density at radius 2 is 1.95 bits per heavy atom. The van der Waals surface area contributed by atoms with Crippen LogP contribution in [0.15, 0.2) is 42.5 Å². The zero-order chi connectivity index (χ0) is 15.2. The Kier molecular flexibility index (Phi) is 5.62. The molecule has 21 heavy (non-hydrogen) atoms. The van der Waals surface area contributed by atoms with E-state index in [0.717, 1.165) is 12.0 Å². The maximum Gasteiger partial charge on any atom is 0.257 e. The van der Waals surface area contributed by atoms with E-state index >= 15 is 0 Å². The quantitative estimate of drug-likeness (QED) is 0.867. The molecule has 2 N–H and O–H groups in total. The molecular weight excluding hydrogens is 309 g/mol. The van der Waals surface area contributed by atoms with Gasteiger partial charge in [0.1, 0.15) is 0 Å². The summed E-state index contributed by atoms with van der Waals surface area (Å²) < 4.78 is 0. The molecule has 0 aliphatic heterocycles. The van der Waals surface area contributed by atoms with Crippen LogP contribution in [0.3, 0.4) is 0 Å². The van der Waals surface area contributed by atoms with Crippen molar-refractivity contribution in [3.63, 3.8) is 0 Å². The van der Waals surface area contributed by atoms with Crippen LogP contribution in [-0.2, 0) is 6.42 Å². The molecular formula is C16H15Cl2NO2. The minimum absolute atomic E-state index is 0.150. The summed E-state index contributed by atoms with van der Waals surface area (Å²) in [4.78, 5) is 12.2. The van der Waals surface area contributed by atoms with Crippen LogP contribution in [0.4, 0.5) is 5.69 Å². The van der Waals surface area contributed by atoms with Crippen LogP contribution in [0.25, 0.3) is 0 Å². The number of aliphatic hydroxyl groups is 1. The zero-order valence-corrected chi connectivity index (χ0v) is 12.8. The number of carbonyl (C=O) groups is 1. The van der Waals surface area contributed by atoms with Gasteiger partial charge >= 0.3 is 0 Å². The molecule has 0 spiro atoms. The topological polar surface area (TPSA) is 49.3 Å². The fraction of sp³-hybridized carbons (Fsp3) is 0.188. The lowest BCUT2D eigenvalue weighted by Gasteiger charge is -2.08. The molecule has 3 nitrogen and oxygen atoms in total. The van der Waals surface area contributed by atoms with Gasteiger partial charge in [0.05, 0.1) is 10.6 Å². The lowest BCUT2D eigenvalue weighted by molar-refractivity contribution is 0.102. The van der Waals surface area contributed by atoms with Gasteiger partial charge in [-0.05, 0) is 48.7 Å². The van der Waals surface area contributed by atoms with Gasteiger partial charge in [-0.15, -0.1) is 0 Å². The lowest BCUT2D eigenvalue weighted by atomic mass is 10.1. The first-order chi connectivity index (χ1) is 10.1. The van der Waals surface area contributed by atoms with E-state index in [1.54, 1.807) is 12.1 Å². The number of hydrogen-bond acceptors (Lipinski definition) is 2. The standard InChI is InChI=1S/C16H15Cl2NO2/c17-12-6-7-14(15(18)10-12)16(21)19-13-5-1-3-11(9-13)4-2-8-20/h1,3,5-7,9-10,20H,2,4,8H2,(H,19,21). The van der Waals surface area contributed by atoms with E-state index in [-0.39, 0.29) is 12.5 Å². The Morgan fingerprint density at radius 1 is 1.14 bits per heavy atom. The van der Waals surface area contributed by atoms with Crippen molar-refractivity contribution in [2.45, 2.75) is 12.8 Å². The number of carbonyl (C=O) groups excluding carboxylic acids is 1. The van der Waals surface area contributed by atoms with Gasteiger partial charge < -0.3 is 10.4 Å². The first kappa shape index (κ1) is 15.8. The predicted molar refractivity (Wildman–Crippen MR) is 86.3 cm³/mol. The van der Waals surface area contributed by atoms with E-state index in [9.17, 15) is 4.79 Å². The van der Waals surface area contributed by atoms with E-state index in [1.165, 1.54) is 6.07 Å². The van der Waals surface area contributed by atoms with Crippen LogP contribution in [0, 0.1) is 0 Å². The summed E-state index contributed by atoms with van der Waals surface area (Å²) in [6, 6.07) is 12.3. The van der Waals surface area contributed by atoms with Crippen molar-refractivity contribution in [1.29, 1.82) is 0 Å². The molecule has 0 bridgehead atoms. The molecule has 0 aromatic heterocycles. The highest BCUT2D eigenvalue weighted by Gasteiger charge is 2.11. The van der Waals surface area contributed by atoms with Gasteiger partial charge in [0.25, 0.3) is 5.91 Å². The Hall–Kier alpha value is -1.55. The Bertz CT molecular complexity index is 644. The molecule has 0 unspecified atom stereocenters. The number of nitrogens with one attached hydrogen (secondary N) is 1. The Labute approximate surface area is 133 Å². The monoisotopic (exact) mass is 323 g/mol. The zero-order valence-electron chi connectivity index (χ0n) is 11.3. The summed E-state index contributed by atoms with van der Waals surface area (Å²) in [5.41, 5.74) is 2.13. The summed E-state index contributed by atoms with van der Waals surface area (Å²) in [7, 11) is 0. The molecule has 2 aromatic carbocycles. The third kappa shape index (κ3) is 4.46. The lowest BCUT2D eigenvalue weighted by Crippen LogP contribution is -2.12. The van der Waals surface area contributed by atoms with Crippen LogP contribution in [0.1, 0.15) is 22.3 Å². The summed E-state index contributed by atoms with van der Waals surface area (Å²) in [5.74, 6) is -0.282. The van der Waals surface area contributed by atoms with Crippen molar-refractivity contribution in [3.05, 3.63) is 63.6 Å². The molecule has 0 saturated heterocycles. The molecule has 0 radical (unpaired) electrons. The van der Waals surface area contributed by atoms with E-state index in [2.05, 4.69) is 5.32 Å². The minimum Gasteiger partial charge on any atom is -0.396 e. The first-order valence-electron chi connectivity index (χ1n) is 6.56. The van der Waals surface area contributed by atoms with Gasteiger partial charge in [-0.1, -0.05) is 35.3 Å². The third-order valence-electron chi connectivity index (χ3n) is 2.98. The molecule has 0 aliphatic carbocycles. The predicted octanol–water partition coefficient (Wildman–Crippen LogP) is 4.17. The fourth-order valence-electron chi connectivity index (χ4n) is 1.96. The largest absolute Gasteiger partial charge is 0.396 e. The molecule has 0 aliphatic rings. The van der Waals surface area contributed by atoms with Crippen molar-refractivity contribution < 1.29 is 9.90 Å².